The molecule has 2 nitrogen and oxygen atoms in total. The van der Waals surface area contributed by atoms with Crippen molar-refractivity contribution < 1.29 is 18.3 Å². The molecule has 1 aromatic rings. The van der Waals surface area contributed by atoms with Crippen molar-refractivity contribution in [3.05, 3.63) is 29.3 Å². The van der Waals surface area contributed by atoms with Crippen molar-refractivity contribution in [1.82, 2.24) is 0 Å². The second kappa shape index (κ2) is 6.99. The van der Waals surface area contributed by atoms with E-state index in [1.165, 1.54) is 0 Å². The van der Waals surface area contributed by atoms with E-state index in [1.54, 1.807) is 0 Å². The summed E-state index contributed by atoms with van der Waals surface area (Å²) in [6.45, 7) is 2.53. The van der Waals surface area contributed by atoms with Crippen LogP contribution in [0.5, 0.6) is 5.75 Å². The van der Waals surface area contributed by atoms with Gasteiger partial charge in [0.1, 0.15) is 17.4 Å². The molecule has 0 saturated carbocycles. The first kappa shape index (κ1) is 13.6. The van der Waals surface area contributed by atoms with Crippen LogP contribution in [0.3, 0.4) is 0 Å². The van der Waals surface area contributed by atoms with Crippen molar-refractivity contribution in [3.8, 4) is 5.75 Å². The Kier molecular flexibility index (Phi) is 5.60. The lowest BCUT2D eigenvalue weighted by molar-refractivity contribution is 0.111. The van der Waals surface area contributed by atoms with Gasteiger partial charge < -0.3 is 4.74 Å². The lowest BCUT2D eigenvalue weighted by atomic mass is 10.2. The zero-order chi connectivity index (χ0) is 12.7. The van der Waals surface area contributed by atoms with Gasteiger partial charge in [-0.1, -0.05) is 26.2 Å². The molecule has 94 valence electrons. The van der Waals surface area contributed by atoms with Crippen molar-refractivity contribution >= 4 is 6.29 Å². The Morgan fingerprint density at radius 3 is 2.35 bits per heavy atom. The van der Waals surface area contributed by atoms with Crippen LogP contribution in [0.15, 0.2) is 12.1 Å². The highest BCUT2D eigenvalue weighted by atomic mass is 19.1. The van der Waals surface area contributed by atoms with Crippen LogP contribution in [0.2, 0.25) is 0 Å². The molecule has 0 aliphatic heterocycles. The molecule has 0 aromatic heterocycles. The lowest BCUT2D eigenvalue weighted by Gasteiger charge is -2.07. The molecule has 0 amide bonds. The van der Waals surface area contributed by atoms with Crippen LogP contribution >= 0.6 is 0 Å². The quantitative estimate of drug-likeness (QED) is 0.538. The fraction of sp³-hybridized carbons (Fsp3) is 0.462. The summed E-state index contributed by atoms with van der Waals surface area (Å²) in [7, 11) is 0. The average Bonchev–Trinajstić information content (AvgIpc) is 2.28. The largest absolute Gasteiger partial charge is 0.493 e. The van der Waals surface area contributed by atoms with Crippen LogP contribution in [0.4, 0.5) is 8.78 Å². The van der Waals surface area contributed by atoms with Crippen LogP contribution in [-0.4, -0.2) is 12.9 Å². The van der Waals surface area contributed by atoms with Gasteiger partial charge in [0, 0.05) is 12.1 Å². The van der Waals surface area contributed by atoms with Crippen LogP contribution in [0, 0.1) is 11.6 Å². The number of benzene rings is 1. The number of unbranched alkanes of at least 4 members (excludes halogenated alkanes) is 3. The lowest BCUT2D eigenvalue weighted by Crippen LogP contribution is -2.00. The highest BCUT2D eigenvalue weighted by Crippen LogP contribution is 2.19. The molecule has 0 aliphatic rings. The van der Waals surface area contributed by atoms with Gasteiger partial charge in [-0.25, -0.2) is 8.78 Å². The molecule has 0 fully saturated rings. The van der Waals surface area contributed by atoms with Gasteiger partial charge in [0.15, 0.2) is 6.29 Å². The van der Waals surface area contributed by atoms with Crippen LogP contribution < -0.4 is 4.74 Å². The van der Waals surface area contributed by atoms with Gasteiger partial charge in [-0.15, -0.1) is 0 Å². The Morgan fingerprint density at radius 1 is 1.18 bits per heavy atom. The number of carbonyl (C=O) groups is 1. The average molecular weight is 242 g/mol. The van der Waals surface area contributed by atoms with Crippen molar-refractivity contribution in [2.24, 2.45) is 0 Å². The molecular weight excluding hydrogens is 226 g/mol. The molecule has 0 spiro atoms. The third kappa shape index (κ3) is 4.13. The van der Waals surface area contributed by atoms with Gasteiger partial charge in [-0.3, -0.25) is 4.79 Å². The van der Waals surface area contributed by atoms with Crippen molar-refractivity contribution in [1.29, 1.82) is 0 Å². The minimum atomic E-state index is -0.886. The molecule has 0 unspecified atom stereocenters. The number of hydrogen-bond donors (Lipinski definition) is 0. The second-order valence-electron chi connectivity index (χ2n) is 3.83. The number of carbonyl (C=O) groups excluding carboxylic acids is 1. The maximum Gasteiger partial charge on any atom is 0.155 e. The summed E-state index contributed by atoms with van der Waals surface area (Å²) in [6.07, 6.45) is 4.30. The van der Waals surface area contributed by atoms with Gasteiger partial charge in [0.25, 0.3) is 0 Å². The molecule has 0 saturated heterocycles. The Hall–Kier alpha value is -1.45. The molecule has 0 radical (unpaired) electrons. The molecular formula is C13H16F2O2. The Bertz CT molecular complexity index is 355. The molecule has 0 heterocycles. The van der Waals surface area contributed by atoms with E-state index in [9.17, 15) is 13.6 Å². The van der Waals surface area contributed by atoms with Crippen molar-refractivity contribution in [2.75, 3.05) is 6.61 Å². The molecule has 0 bridgehead atoms. The summed E-state index contributed by atoms with van der Waals surface area (Å²) in [5, 5.41) is 0. The first-order valence-corrected chi connectivity index (χ1v) is 5.76. The van der Waals surface area contributed by atoms with Gasteiger partial charge in [-0.2, -0.15) is 0 Å². The predicted octanol–water partition coefficient (Wildman–Crippen LogP) is 3.74. The molecule has 4 heteroatoms. The molecule has 0 aliphatic carbocycles. The monoisotopic (exact) mass is 242 g/mol. The van der Waals surface area contributed by atoms with Crippen molar-refractivity contribution in [3.63, 3.8) is 0 Å². The normalized spacial score (nSPS) is 10.3. The highest BCUT2D eigenvalue weighted by molar-refractivity contribution is 5.75. The minimum absolute atomic E-state index is 0.127. The van der Waals surface area contributed by atoms with Crippen LogP contribution in [0.1, 0.15) is 43.0 Å². The number of rotatable bonds is 7. The molecule has 0 N–H and O–H groups in total. The molecule has 1 aromatic carbocycles. The smallest absolute Gasteiger partial charge is 0.155 e. The van der Waals surface area contributed by atoms with Crippen molar-refractivity contribution in [2.45, 2.75) is 32.6 Å². The van der Waals surface area contributed by atoms with E-state index in [4.69, 9.17) is 4.74 Å². The summed E-state index contributed by atoms with van der Waals surface area (Å²) >= 11 is 0. The third-order valence-corrected chi connectivity index (χ3v) is 2.44. The summed E-state index contributed by atoms with van der Waals surface area (Å²) in [5.41, 5.74) is -0.552. The first-order chi connectivity index (χ1) is 8.19. The van der Waals surface area contributed by atoms with Gasteiger partial charge in [0.2, 0.25) is 0 Å². The maximum absolute atomic E-state index is 13.2. The fourth-order valence-electron chi connectivity index (χ4n) is 1.48. The topological polar surface area (TPSA) is 26.3 Å². The summed E-state index contributed by atoms with van der Waals surface area (Å²) in [4.78, 5) is 10.4. The minimum Gasteiger partial charge on any atom is -0.493 e. The SMILES string of the molecule is CCCCCCOc1cc(F)c(C=O)c(F)c1. The third-order valence-electron chi connectivity index (χ3n) is 2.44. The highest BCUT2D eigenvalue weighted by Gasteiger charge is 2.10. The van der Waals surface area contributed by atoms with E-state index in [0.29, 0.717) is 6.61 Å². The summed E-state index contributed by atoms with van der Waals surface area (Å²) in [6, 6.07) is 2.07. The second-order valence-corrected chi connectivity index (χ2v) is 3.83. The van der Waals surface area contributed by atoms with Crippen LogP contribution in [0.25, 0.3) is 0 Å². The Balaban J connectivity index is 2.52. The zero-order valence-electron chi connectivity index (χ0n) is 9.84. The zero-order valence-corrected chi connectivity index (χ0v) is 9.84. The first-order valence-electron chi connectivity index (χ1n) is 5.76. The van der Waals surface area contributed by atoms with Gasteiger partial charge >= 0.3 is 0 Å². The molecule has 1 rings (SSSR count). The number of hydrogen-bond acceptors (Lipinski definition) is 2. The standard InChI is InChI=1S/C13H16F2O2/c1-2-3-4-5-6-17-10-7-12(14)11(9-16)13(15)8-10/h7-9H,2-6H2,1H3. The molecule has 17 heavy (non-hydrogen) atoms. The van der Waals surface area contributed by atoms with Gasteiger partial charge in [-0.05, 0) is 6.42 Å². The maximum atomic E-state index is 13.2. The number of aldehydes is 1. The molecule has 0 atom stereocenters. The summed E-state index contributed by atoms with van der Waals surface area (Å²) < 4.78 is 31.6. The fourth-order valence-corrected chi connectivity index (χ4v) is 1.48. The van der Waals surface area contributed by atoms with E-state index in [1.807, 2.05) is 0 Å². The number of ether oxygens (including phenoxy) is 1. The Morgan fingerprint density at radius 2 is 1.82 bits per heavy atom. The number of halogens is 2. The van der Waals surface area contributed by atoms with Gasteiger partial charge in [0.05, 0.1) is 12.2 Å². The summed E-state index contributed by atoms with van der Waals surface area (Å²) in [5.74, 6) is -1.64. The van der Waals surface area contributed by atoms with E-state index in [-0.39, 0.29) is 12.0 Å². The predicted molar refractivity (Wildman–Crippen MR) is 61.4 cm³/mol. The van der Waals surface area contributed by atoms with E-state index < -0.39 is 17.2 Å². The van der Waals surface area contributed by atoms with Crippen LogP contribution in [-0.2, 0) is 0 Å². The van der Waals surface area contributed by atoms with E-state index >= 15 is 0 Å². The Labute approximate surface area is 99.6 Å². The van der Waals surface area contributed by atoms with E-state index in [2.05, 4.69) is 6.92 Å². The van der Waals surface area contributed by atoms with E-state index in [0.717, 1.165) is 37.8 Å².